The third-order valence-corrected chi connectivity index (χ3v) is 20.6. The number of rotatable bonds is 9. The smallest absolute Gasteiger partial charge is 0.229 e. The van der Waals surface area contributed by atoms with Crippen molar-refractivity contribution < 1.29 is 4.42 Å². The van der Waals surface area contributed by atoms with Crippen molar-refractivity contribution in [1.29, 1.82) is 5.26 Å². The van der Waals surface area contributed by atoms with Crippen LogP contribution in [0.2, 0.25) is 0 Å². The lowest BCUT2D eigenvalue weighted by atomic mass is 9.77. The maximum atomic E-state index is 12.6. The molecule has 0 saturated carbocycles. The highest BCUT2D eigenvalue weighted by Crippen LogP contribution is 2.54. The Balaban J connectivity index is 0.922. The maximum Gasteiger partial charge on any atom is 0.229 e. The van der Waals surface area contributed by atoms with Crippen molar-refractivity contribution in [2.45, 2.75) is 41.5 Å². The molecule has 5 aromatic heterocycles. The van der Waals surface area contributed by atoms with E-state index >= 15 is 0 Å². The van der Waals surface area contributed by atoms with Gasteiger partial charge in [-0.1, -0.05) is 167 Å². The number of oxazole rings is 1. The first-order chi connectivity index (χ1) is 48.5. The first-order valence-corrected chi connectivity index (χ1v) is 34.0. The van der Waals surface area contributed by atoms with Crippen molar-refractivity contribution in [2.24, 2.45) is 0 Å². The van der Waals surface area contributed by atoms with Gasteiger partial charge in [0, 0.05) is 77.0 Å². The van der Waals surface area contributed by atoms with Gasteiger partial charge in [-0.25, -0.2) is 4.98 Å². The fourth-order valence-electron chi connectivity index (χ4n) is 16.1. The Hall–Kier alpha value is -12.8. The van der Waals surface area contributed by atoms with Gasteiger partial charge >= 0.3 is 0 Å². The first-order valence-electron chi connectivity index (χ1n) is 34.0. The van der Waals surface area contributed by atoms with E-state index in [1.54, 1.807) is 0 Å². The molecule has 5 heterocycles. The van der Waals surface area contributed by atoms with E-state index in [0.29, 0.717) is 28.1 Å². The van der Waals surface area contributed by atoms with Crippen LogP contribution in [0.4, 0.5) is 0 Å². The molecule has 0 radical (unpaired) electrons. The summed E-state index contributed by atoms with van der Waals surface area (Å²) in [4.78, 5) is 5.38. The van der Waals surface area contributed by atoms with Crippen LogP contribution in [0.15, 0.2) is 283 Å². The highest BCUT2D eigenvalue weighted by Gasteiger charge is 2.32. The minimum Gasteiger partial charge on any atom is -0.436 e. The van der Waals surface area contributed by atoms with Crippen LogP contribution >= 0.6 is 0 Å². The second-order valence-corrected chi connectivity index (χ2v) is 27.0. The van der Waals surface area contributed by atoms with E-state index in [1.807, 2.05) is 24.3 Å². The van der Waals surface area contributed by atoms with Gasteiger partial charge < -0.3 is 22.7 Å². The Morgan fingerprint density at radius 2 is 0.545 bits per heavy atom. The highest BCUT2D eigenvalue weighted by atomic mass is 16.3. The molecule has 0 fully saturated rings. The van der Waals surface area contributed by atoms with Gasteiger partial charge in [-0.2, -0.15) is 5.26 Å². The van der Waals surface area contributed by atoms with Gasteiger partial charge in [-0.05, 0) is 221 Å². The Morgan fingerprint density at radius 3 is 0.879 bits per heavy atom. The zero-order valence-electron chi connectivity index (χ0n) is 55.6. The fraction of sp³-hybridized carbons (Fsp3) is 0.0652. The Morgan fingerprint density at radius 1 is 0.273 bits per heavy atom. The average molecular weight is 1270 g/mol. The molecule has 0 N–H and O–H groups in total. The maximum absolute atomic E-state index is 12.6. The SMILES string of the molecule is Cc1ccc2c(c1)c1ccccc1n2-c1ccc(-c2c(-c3ccc(-n4c5ccc(C)cc5c5cc(C)ccc54)cc3)c(C#N)c(-c3nc4ccccc4o3)c(-c3ccc(-n4c5ccc(C)cc5c5cc(C)ccc54)cc3)c2-c2ccc(-n3c4ccccc4c4cc(C)ccc43)cc2)cc1. The number of hydrogen-bond acceptors (Lipinski definition) is 3. The lowest BCUT2D eigenvalue weighted by Gasteiger charge is -2.25. The van der Waals surface area contributed by atoms with Crippen molar-refractivity contribution in [2.75, 3.05) is 0 Å². The minimum atomic E-state index is 0.357. The molecule has 19 aromatic rings. The minimum absolute atomic E-state index is 0.357. The molecular formula is C92H64N6O. The summed E-state index contributed by atoms with van der Waals surface area (Å²) < 4.78 is 16.6. The van der Waals surface area contributed by atoms with E-state index in [-0.39, 0.29) is 0 Å². The molecular weight excluding hydrogens is 1210 g/mol. The summed E-state index contributed by atoms with van der Waals surface area (Å²) in [5.74, 6) is 0.357. The molecule has 7 heteroatoms. The van der Waals surface area contributed by atoms with Gasteiger partial charge in [-0.15, -0.1) is 0 Å². The van der Waals surface area contributed by atoms with Crippen LogP contribution in [-0.2, 0) is 0 Å². The van der Waals surface area contributed by atoms with Crippen LogP contribution in [0, 0.1) is 52.9 Å². The summed E-state index contributed by atoms with van der Waals surface area (Å²) in [5, 5.41) is 22.3. The molecule has 19 rings (SSSR count). The molecule has 14 aromatic carbocycles. The molecule has 468 valence electrons. The van der Waals surface area contributed by atoms with Gasteiger partial charge in [0.15, 0.2) is 5.58 Å². The number of benzene rings is 14. The molecule has 0 saturated heterocycles. The number of fused-ring (bicyclic) bond motifs is 13. The highest BCUT2D eigenvalue weighted by molar-refractivity contribution is 6.15. The number of nitrogens with zero attached hydrogens (tertiary/aromatic N) is 6. The fourth-order valence-corrected chi connectivity index (χ4v) is 16.1. The van der Waals surface area contributed by atoms with Gasteiger partial charge in [0.25, 0.3) is 0 Å². The van der Waals surface area contributed by atoms with Crippen LogP contribution in [0.1, 0.15) is 38.9 Å². The first kappa shape index (κ1) is 57.7. The number of nitriles is 1. The molecule has 0 aliphatic rings. The van der Waals surface area contributed by atoms with Crippen LogP contribution in [-0.4, -0.2) is 23.3 Å². The molecule has 0 unspecified atom stereocenters. The average Bonchev–Trinajstić information content (AvgIpc) is 1.39. The molecule has 99 heavy (non-hydrogen) atoms. The van der Waals surface area contributed by atoms with Gasteiger partial charge in [0.2, 0.25) is 5.89 Å². The zero-order chi connectivity index (χ0) is 66.5. The summed E-state index contributed by atoms with van der Waals surface area (Å²) in [7, 11) is 0. The molecule has 0 bridgehead atoms. The van der Waals surface area contributed by atoms with Crippen molar-refractivity contribution >= 4 is 98.3 Å². The van der Waals surface area contributed by atoms with Crippen LogP contribution in [0.5, 0.6) is 0 Å². The largest absolute Gasteiger partial charge is 0.436 e. The molecule has 7 nitrogen and oxygen atoms in total. The van der Waals surface area contributed by atoms with Crippen molar-refractivity contribution in [3.63, 3.8) is 0 Å². The normalized spacial score (nSPS) is 11.9. The van der Waals surface area contributed by atoms with E-state index in [9.17, 15) is 5.26 Å². The topological polar surface area (TPSA) is 69.5 Å². The quantitative estimate of drug-likeness (QED) is 0.145. The second kappa shape index (κ2) is 22.2. The van der Waals surface area contributed by atoms with E-state index < -0.39 is 0 Å². The summed E-state index contributed by atoms with van der Waals surface area (Å²) in [6.07, 6.45) is 0. The van der Waals surface area contributed by atoms with E-state index in [0.717, 1.165) is 111 Å². The Kier molecular flexibility index (Phi) is 12.9. The van der Waals surface area contributed by atoms with Crippen molar-refractivity contribution in [3.05, 3.63) is 318 Å². The zero-order valence-corrected chi connectivity index (χ0v) is 55.6. The van der Waals surface area contributed by atoms with Gasteiger partial charge in [0.1, 0.15) is 11.6 Å². The Bertz CT molecular complexity index is 6490. The Labute approximate surface area is 572 Å². The summed E-state index contributed by atoms with van der Waals surface area (Å²) in [6.45, 7) is 13.0. The number of hydrogen-bond donors (Lipinski definition) is 0. The van der Waals surface area contributed by atoms with Gasteiger partial charge in [0.05, 0.1) is 55.3 Å². The number of aromatic nitrogens is 5. The van der Waals surface area contributed by atoms with E-state index in [4.69, 9.17) is 9.40 Å². The standard InChI is InChI=1S/C92H64N6O/c1-54-19-41-80-70(47-54)68-13-7-10-16-78(68)95(80)64-35-27-61(28-36-64)88-87(60-25-33-66(34-26-60)97-82-43-21-56(3)49-72(82)73-50-57(4)22-44-83(73)97)76(53-93)91(92-94-77-15-9-12-18-86(77)99-92)90(63-31-39-67(40-32-63)98-84-45-23-58(5)51-74(84)75-52-59(6)24-46-85(75)98)89(88)62-29-37-65(38-30-62)96-79-17-11-8-14-69(79)71-48-55(2)20-42-81(71)96/h7-52H,1-6H3. The van der Waals surface area contributed by atoms with Crippen molar-refractivity contribution in [1.82, 2.24) is 23.3 Å². The summed E-state index contributed by atoms with van der Waals surface area (Å²) in [6, 6.07) is 105. The molecule has 0 atom stereocenters. The number of aryl methyl sites for hydroxylation is 6. The molecule has 0 amide bonds. The molecule has 0 spiro atoms. The predicted octanol–water partition coefficient (Wildman–Crippen LogP) is 24.3. The van der Waals surface area contributed by atoms with Crippen LogP contribution in [0.25, 0.3) is 177 Å². The van der Waals surface area contributed by atoms with E-state index in [1.165, 1.54) is 76.5 Å². The predicted molar refractivity (Wildman–Crippen MR) is 412 cm³/mol. The second-order valence-electron chi connectivity index (χ2n) is 27.0. The third-order valence-electron chi connectivity index (χ3n) is 20.6. The lowest BCUT2D eigenvalue weighted by Crippen LogP contribution is -2.03. The summed E-state index contributed by atoms with van der Waals surface area (Å²) in [5.41, 5.74) is 29.9. The van der Waals surface area contributed by atoms with Crippen molar-refractivity contribution in [3.8, 4) is 84.8 Å². The number of para-hydroxylation sites is 4. The third kappa shape index (κ3) is 9.00. The van der Waals surface area contributed by atoms with Crippen LogP contribution in [0.3, 0.4) is 0 Å². The monoisotopic (exact) mass is 1270 g/mol. The summed E-state index contributed by atoms with van der Waals surface area (Å²) >= 11 is 0. The molecule has 0 aliphatic heterocycles. The van der Waals surface area contributed by atoms with E-state index in [2.05, 4.69) is 321 Å². The van der Waals surface area contributed by atoms with Crippen LogP contribution < -0.4 is 0 Å². The molecule has 0 aliphatic carbocycles. The lowest BCUT2D eigenvalue weighted by molar-refractivity contribution is 0.620. The van der Waals surface area contributed by atoms with Gasteiger partial charge in [-0.3, -0.25) is 0 Å².